The Bertz CT molecular complexity index is 265. The molecule has 1 rings (SSSR count). The number of carbonyl (C=O) groups excluding carboxylic acids is 1. The highest BCUT2D eigenvalue weighted by atomic mass is 16.6. The number of rotatable bonds is 3. The van der Waals surface area contributed by atoms with Gasteiger partial charge in [0, 0.05) is 13.1 Å². The number of carbonyl (C=O) groups is 2. The van der Waals surface area contributed by atoms with Crippen molar-refractivity contribution in [2.75, 3.05) is 19.7 Å². The number of carboxylic acid groups (broad SMARTS) is 1. The monoisotopic (exact) mass is 229 g/mol. The van der Waals surface area contributed by atoms with Gasteiger partial charge in [0.2, 0.25) is 0 Å². The average Bonchev–Trinajstić information content (AvgIpc) is 2.26. The highest BCUT2D eigenvalue weighted by Gasteiger charge is 2.28. The van der Waals surface area contributed by atoms with E-state index in [4.69, 9.17) is 9.84 Å². The summed E-state index contributed by atoms with van der Waals surface area (Å²) in [6.07, 6.45) is 0.983. The van der Waals surface area contributed by atoms with Gasteiger partial charge < -0.3 is 14.7 Å². The fourth-order valence-electron chi connectivity index (χ4n) is 1.67. The summed E-state index contributed by atoms with van der Waals surface area (Å²) in [5.74, 6) is -0.981. The van der Waals surface area contributed by atoms with E-state index in [-0.39, 0.29) is 12.6 Å². The van der Waals surface area contributed by atoms with E-state index in [0.29, 0.717) is 25.5 Å². The number of carboxylic acids is 1. The van der Waals surface area contributed by atoms with Gasteiger partial charge in [-0.05, 0) is 18.8 Å². The van der Waals surface area contributed by atoms with Gasteiger partial charge in [0.25, 0.3) is 0 Å². The van der Waals surface area contributed by atoms with Crippen LogP contribution < -0.4 is 0 Å². The second-order valence-corrected chi connectivity index (χ2v) is 4.59. The van der Waals surface area contributed by atoms with E-state index >= 15 is 0 Å². The van der Waals surface area contributed by atoms with Gasteiger partial charge in [-0.1, -0.05) is 13.8 Å². The molecule has 1 heterocycles. The van der Waals surface area contributed by atoms with Crippen LogP contribution in [0.3, 0.4) is 0 Å². The first-order valence-electron chi connectivity index (χ1n) is 5.65. The molecule has 0 spiro atoms. The summed E-state index contributed by atoms with van der Waals surface area (Å²) in [5, 5.41) is 8.88. The predicted octanol–water partition coefficient (Wildman–Crippen LogP) is 1.58. The van der Waals surface area contributed by atoms with Gasteiger partial charge in [-0.3, -0.25) is 4.79 Å². The summed E-state index contributed by atoms with van der Waals surface area (Å²) in [6, 6.07) is 0. The molecule has 0 aromatic rings. The van der Waals surface area contributed by atoms with Gasteiger partial charge in [0.1, 0.15) is 0 Å². The van der Waals surface area contributed by atoms with Crippen molar-refractivity contribution in [1.29, 1.82) is 0 Å². The highest BCUT2D eigenvalue weighted by Crippen LogP contribution is 2.17. The molecule has 0 saturated carbocycles. The molecule has 1 N–H and O–H groups in total. The fourth-order valence-corrected chi connectivity index (χ4v) is 1.67. The first kappa shape index (κ1) is 12.8. The first-order valence-corrected chi connectivity index (χ1v) is 5.65. The molecule has 1 aliphatic rings. The molecular formula is C11H19NO4. The fraction of sp³-hybridized carbons (Fsp3) is 0.818. The second-order valence-electron chi connectivity index (χ2n) is 4.59. The first-order chi connectivity index (χ1) is 7.50. The number of piperidine rings is 1. The van der Waals surface area contributed by atoms with Crippen LogP contribution in [0.5, 0.6) is 0 Å². The SMILES string of the molecule is CC(C)COC(=O)N1CCC[C@H](C(=O)O)C1. The van der Waals surface area contributed by atoms with E-state index in [1.807, 2.05) is 13.8 Å². The molecular weight excluding hydrogens is 210 g/mol. The van der Waals surface area contributed by atoms with Crippen molar-refractivity contribution in [1.82, 2.24) is 4.90 Å². The van der Waals surface area contributed by atoms with E-state index in [0.717, 1.165) is 6.42 Å². The van der Waals surface area contributed by atoms with Gasteiger partial charge in [-0.2, -0.15) is 0 Å². The Hall–Kier alpha value is -1.26. The molecule has 0 aromatic carbocycles. The zero-order chi connectivity index (χ0) is 12.1. The van der Waals surface area contributed by atoms with Crippen molar-refractivity contribution >= 4 is 12.1 Å². The summed E-state index contributed by atoms with van der Waals surface area (Å²) >= 11 is 0. The van der Waals surface area contributed by atoms with Crippen molar-refractivity contribution in [3.63, 3.8) is 0 Å². The lowest BCUT2D eigenvalue weighted by Crippen LogP contribution is -2.42. The quantitative estimate of drug-likeness (QED) is 0.797. The van der Waals surface area contributed by atoms with Gasteiger partial charge in [0.05, 0.1) is 12.5 Å². The lowest BCUT2D eigenvalue weighted by molar-refractivity contribution is -0.143. The largest absolute Gasteiger partial charge is 0.481 e. The van der Waals surface area contributed by atoms with Gasteiger partial charge >= 0.3 is 12.1 Å². The zero-order valence-corrected chi connectivity index (χ0v) is 9.81. The van der Waals surface area contributed by atoms with Gasteiger partial charge in [-0.25, -0.2) is 4.79 Å². The molecule has 1 atom stereocenters. The molecule has 0 bridgehead atoms. The Labute approximate surface area is 95.4 Å². The van der Waals surface area contributed by atoms with Crippen LogP contribution in [0.2, 0.25) is 0 Å². The van der Waals surface area contributed by atoms with Crippen LogP contribution in [0.25, 0.3) is 0 Å². The second kappa shape index (κ2) is 5.72. The van der Waals surface area contributed by atoms with Gasteiger partial charge in [0.15, 0.2) is 0 Å². The van der Waals surface area contributed by atoms with E-state index < -0.39 is 11.9 Å². The lowest BCUT2D eigenvalue weighted by atomic mass is 9.99. The number of nitrogens with zero attached hydrogens (tertiary/aromatic N) is 1. The van der Waals surface area contributed by atoms with Crippen LogP contribution in [-0.4, -0.2) is 41.8 Å². The van der Waals surface area contributed by atoms with Crippen LogP contribution in [-0.2, 0) is 9.53 Å². The normalized spacial score (nSPS) is 20.9. The van der Waals surface area contributed by atoms with E-state index in [1.165, 1.54) is 4.90 Å². The third kappa shape index (κ3) is 3.72. The molecule has 1 saturated heterocycles. The summed E-state index contributed by atoms with van der Waals surface area (Å²) in [4.78, 5) is 23.9. The van der Waals surface area contributed by atoms with Crippen molar-refractivity contribution in [3.05, 3.63) is 0 Å². The number of amides is 1. The van der Waals surface area contributed by atoms with Crippen molar-refractivity contribution in [3.8, 4) is 0 Å². The third-order valence-corrected chi connectivity index (χ3v) is 2.57. The molecule has 1 aliphatic heterocycles. The van der Waals surface area contributed by atoms with Crippen molar-refractivity contribution in [2.45, 2.75) is 26.7 Å². The minimum absolute atomic E-state index is 0.270. The van der Waals surface area contributed by atoms with E-state index in [9.17, 15) is 9.59 Å². The minimum atomic E-state index is -0.832. The number of likely N-dealkylation sites (tertiary alicyclic amines) is 1. The average molecular weight is 229 g/mol. The summed E-state index contributed by atoms with van der Waals surface area (Å²) < 4.78 is 5.07. The Balaban J connectivity index is 2.41. The molecule has 5 nitrogen and oxygen atoms in total. The molecule has 16 heavy (non-hydrogen) atoms. The van der Waals surface area contributed by atoms with Crippen molar-refractivity contribution < 1.29 is 19.4 Å². The van der Waals surface area contributed by atoms with Crippen LogP contribution in [0.1, 0.15) is 26.7 Å². The Morgan fingerprint density at radius 1 is 1.50 bits per heavy atom. The van der Waals surface area contributed by atoms with Crippen LogP contribution in [0, 0.1) is 11.8 Å². The topological polar surface area (TPSA) is 66.8 Å². The number of ether oxygens (including phenoxy) is 1. The van der Waals surface area contributed by atoms with Gasteiger partial charge in [-0.15, -0.1) is 0 Å². The Morgan fingerprint density at radius 2 is 2.19 bits per heavy atom. The van der Waals surface area contributed by atoms with E-state index in [2.05, 4.69) is 0 Å². The Morgan fingerprint density at radius 3 is 2.75 bits per heavy atom. The maximum absolute atomic E-state index is 11.6. The third-order valence-electron chi connectivity index (χ3n) is 2.57. The number of hydrogen-bond acceptors (Lipinski definition) is 3. The summed E-state index contributed by atoms with van der Waals surface area (Å²) in [5.41, 5.74) is 0. The highest BCUT2D eigenvalue weighted by molar-refractivity contribution is 5.73. The maximum Gasteiger partial charge on any atom is 0.409 e. The van der Waals surface area contributed by atoms with Crippen molar-refractivity contribution in [2.24, 2.45) is 11.8 Å². The smallest absolute Gasteiger partial charge is 0.409 e. The molecule has 0 aromatic heterocycles. The molecule has 92 valence electrons. The van der Waals surface area contributed by atoms with Crippen LogP contribution in [0.4, 0.5) is 4.79 Å². The summed E-state index contributed by atoms with van der Waals surface area (Å²) in [7, 11) is 0. The molecule has 0 unspecified atom stereocenters. The standard InChI is InChI=1S/C11H19NO4/c1-8(2)7-16-11(15)12-5-3-4-9(6-12)10(13)14/h8-9H,3-7H2,1-2H3,(H,13,14)/t9-/m0/s1. The molecule has 1 fully saturated rings. The minimum Gasteiger partial charge on any atom is -0.481 e. The lowest BCUT2D eigenvalue weighted by Gasteiger charge is -2.30. The zero-order valence-electron chi connectivity index (χ0n) is 9.81. The summed E-state index contributed by atoms with van der Waals surface area (Å²) in [6.45, 7) is 5.17. The molecule has 0 radical (unpaired) electrons. The maximum atomic E-state index is 11.6. The van der Waals surface area contributed by atoms with E-state index in [1.54, 1.807) is 0 Å². The van der Waals surface area contributed by atoms with Crippen LogP contribution in [0.15, 0.2) is 0 Å². The Kier molecular flexibility index (Phi) is 4.58. The van der Waals surface area contributed by atoms with Crippen LogP contribution >= 0.6 is 0 Å². The molecule has 1 amide bonds. The molecule has 5 heteroatoms. The number of hydrogen-bond donors (Lipinski definition) is 1. The number of aliphatic carboxylic acids is 1. The molecule has 0 aliphatic carbocycles. The predicted molar refractivity (Wildman–Crippen MR) is 58.1 cm³/mol.